The molecule has 0 fully saturated rings. The third-order valence-electron chi connectivity index (χ3n) is 1.86. The number of nitrogens with one attached hydrogen (secondary N) is 2. The second kappa shape index (κ2) is 3.98. The first-order chi connectivity index (χ1) is 6.81. The third-order valence-corrected chi connectivity index (χ3v) is 2.85. The first-order valence-corrected chi connectivity index (χ1v) is 5.72. The SMILES string of the molecule is CSc1ccccc1-c1nc(=S)[nH][nH]1. The molecular weight excluding hydrogens is 214 g/mol. The Balaban J connectivity index is 2.55. The summed E-state index contributed by atoms with van der Waals surface area (Å²) in [6, 6.07) is 8.08. The van der Waals surface area contributed by atoms with Gasteiger partial charge in [0.1, 0.15) is 0 Å². The number of thioether (sulfide) groups is 1. The molecule has 0 aliphatic heterocycles. The van der Waals surface area contributed by atoms with E-state index in [2.05, 4.69) is 21.2 Å². The van der Waals surface area contributed by atoms with Crippen LogP contribution in [0, 0.1) is 4.77 Å². The summed E-state index contributed by atoms with van der Waals surface area (Å²) in [5.41, 5.74) is 1.08. The van der Waals surface area contributed by atoms with E-state index >= 15 is 0 Å². The van der Waals surface area contributed by atoms with Crippen molar-refractivity contribution in [1.29, 1.82) is 0 Å². The fourth-order valence-corrected chi connectivity index (χ4v) is 1.98. The number of hydrogen-bond donors (Lipinski definition) is 2. The number of aromatic nitrogens is 3. The predicted molar refractivity (Wildman–Crippen MR) is 61.0 cm³/mol. The van der Waals surface area contributed by atoms with Crippen LogP contribution in [-0.2, 0) is 0 Å². The highest BCUT2D eigenvalue weighted by atomic mass is 32.2. The van der Waals surface area contributed by atoms with Crippen LogP contribution in [0.4, 0.5) is 0 Å². The maximum Gasteiger partial charge on any atom is 0.213 e. The van der Waals surface area contributed by atoms with Crippen LogP contribution in [0.3, 0.4) is 0 Å². The number of aromatic amines is 2. The van der Waals surface area contributed by atoms with Gasteiger partial charge in [0.2, 0.25) is 4.77 Å². The molecule has 1 aromatic carbocycles. The van der Waals surface area contributed by atoms with Gasteiger partial charge in [-0.25, -0.2) is 0 Å². The molecule has 0 amide bonds. The van der Waals surface area contributed by atoms with Crippen molar-refractivity contribution in [2.45, 2.75) is 4.90 Å². The zero-order valence-electron chi connectivity index (χ0n) is 7.57. The standard InChI is InChI=1S/C9H9N3S2/c1-14-7-5-3-2-4-6(7)8-10-9(13)12-11-8/h2-5H,1H3,(H2,10,11,12,13). The molecule has 0 saturated carbocycles. The van der Waals surface area contributed by atoms with Crippen LogP contribution >= 0.6 is 24.0 Å². The van der Waals surface area contributed by atoms with E-state index < -0.39 is 0 Å². The van der Waals surface area contributed by atoms with Crippen molar-refractivity contribution in [2.75, 3.05) is 6.26 Å². The van der Waals surface area contributed by atoms with E-state index in [9.17, 15) is 0 Å². The van der Waals surface area contributed by atoms with Gasteiger partial charge >= 0.3 is 0 Å². The van der Waals surface area contributed by atoms with Gasteiger partial charge in [0.05, 0.1) is 0 Å². The van der Waals surface area contributed by atoms with Gasteiger partial charge in [-0.1, -0.05) is 18.2 Å². The molecule has 72 valence electrons. The van der Waals surface area contributed by atoms with Crippen LogP contribution in [0.25, 0.3) is 11.4 Å². The Morgan fingerprint density at radius 1 is 1.29 bits per heavy atom. The minimum absolute atomic E-state index is 0.482. The molecule has 1 aromatic heterocycles. The molecule has 0 aliphatic carbocycles. The van der Waals surface area contributed by atoms with Crippen molar-refractivity contribution in [3.05, 3.63) is 29.0 Å². The van der Waals surface area contributed by atoms with E-state index in [4.69, 9.17) is 12.2 Å². The Labute approximate surface area is 91.0 Å². The first kappa shape index (κ1) is 9.48. The van der Waals surface area contributed by atoms with E-state index in [1.807, 2.05) is 24.5 Å². The smallest absolute Gasteiger partial charge is 0.213 e. The molecule has 0 atom stereocenters. The molecule has 2 N–H and O–H groups in total. The molecule has 0 bridgehead atoms. The summed E-state index contributed by atoms with van der Waals surface area (Å²) >= 11 is 6.60. The maximum absolute atomic E-state index is 4.91. The molecule has 3 nitrogen and oxygen atoms in total. The molecule has 14 heavy (non-hydrogen) atoms. The lowest BCUT2D eigenvalue weighted by Crippen LogP contribution is -1.83. The molecule has 2 rings (SSSR count). The Morgan fingerprint density at radius 2 is 2.07 bits per heavy atom. The highest BCUT2D eigenvalue weighted by molar-refractivity contribution is 7.98. The summed E-state index contributed by atoms with van der Waals surface area (Å²) < 4.78 is 0.482. The molecule has 0 radical (unpaired) electrons. The third kappa shape index (κ3) is 1.73. The average molecular weight is 223 g/mol. The Bertz CT molecular complexity index is 487. The Hall–Kier alpha value is -1.07. The van der Waals surface area contributed by atoms with Crippen molar-refractivity contribution in [3.8, 4) is 11.4 Å². The lowest BCUT2D eigenvalue weighted by atomic mass is 10.2. The largest absolute Gasteiger partial charge is 0.282 e. The van der Waals surface area contributed by atoms with Crippen LogP contribution in [-0.4, -0.2) is 21.4 Å². The second-order valence-electron chi connectivity index (χ2n) is 2.72. The lowest BCUT2D eigenvalue weighted by molar-refractivity contribution is 1.08. The average Bonchev–Trinajstić information content (AvgIpc) is 2.65. The molecule has 5 heteroatoms. The Morgan fingerprint density at radius 3 is 2.71 bits per heavy atom. The summed E-state index contributed by atoms with van der Waals surface area (Å²) in [7, 11) is 0. The van der Waals surface area contributed by atoms with Gasteiger partial charge in [0, 0.05) is 10.5 Å². The predicted octanol–water partition coefficient (Wildman–Crippen LogP) is 2.86. The molecule has 0 aliphatic rings. The summed E-state index contributed by atoms with van der Waals surface area (Å²) in [6.45, 7) is 0. The first-order valence-electron chi connectivity index (χ1n) is 4.09. The summed E-state index contributed by atoms with van der Waals surface area (Å²) in [4.78, 5) is 5.37. The molecule has 2 aromatic rings. The van der Waals surface area contributed by atoms with Crippen molar-refractivity contribution in [2.24, 2.45) is 0 Å². The van der Waals surface area contributed by atoms with Crippen LogP contribution in [0.1, 0.15) is 0 Å². The van der Waals surface area contributed by atoms with Crippen molar-refractivity contribution in [3.63, 3.8) is 0 Å². The Kier molecular flexibility index (Phi) is 2.69. The zero-order chi connectivity index (χ0) is 9.97. The second-order valence-corrected chi connectivity index (χ2v) is 3.95. The number of hydrogen-bond acceptors (Lipinski definition) is 3. The number of rotatable bonds is 2. The molecule has 1 heterocycles. The monoisotopic (exact) mass is 223 g/mol. The van der Waals surface area contributed by atoms with Crippen LogP contribution in [0.15, 0.2) is 29.2 Å². The fourth-order valence-electron chi connectivity index (χ4n) is 1.24. The van der Waals surface area contributed by atoms with E-state index in [-0.39, 0.29) is 0 Å². The van der Waals surface area contributed by atoms with Gasteiger partial charge in [-0.15, -0.1) is 11.8 Å². The summed E-state index contributed by atoms with van der Waals surface area (Å²) in [5.74, 6) is 0.792. The van der Waals surface area contributed by atoms with E-state index in [0.29, 0.717) is 4.77 Å². The minimum Gasteiger partial charge on any atom is -0.282 e. The molecule has 0 spiro atoms. The van der Waals surface area contributed by atoms with Crippen LogP contribution in [0.2, 0.25) is 0 Å². The zero-order valence-corrected chi connectivity index (χ0v) is 9.21. The van der Waals surface area contributed by atoms with Crippen LogP contribution in [0.5, 0.6) is 0 Å². The number of H-pyrrole nitrogens is 2. The fraction of sp³-hybridized carbons (Fsp3) is 0.111. The van der Waals surface area contributed by atoms with Crippen LogP contribution < -0.4 is 0 Å². The lowest BCUT2D eigenvalue weighted by Gasteiger charge is -2.02. The molecule has 0 unspecified atom stereocenters. The summed E-state index contributed by atoms with van der Waals surface area (Å²) in [6.07, 6.45) is 2.04. The minimum atomic E-state index is 0.482. The molecular formula is C9H9N3S2. The highest BCUT2D eigenvalue weighted by Gasteiger charge is 2.05. The van der Waals surface area contributed by atoms with Gasteiger partial charge < -0.3 is 0 Å². The van der Waals surface area contributed by atoms with Gasteiger partial charge in [-0.2, -0.15) is 4.98 Å². The number of nitrogens with zero attached hydrogens (tertiary/aromatic N) is 1. The van der Waals surface area contributed by atoms with E-state index in [1.54, 1.807) is 11.8 Å². The van der Waals surface area contributed by atoms with Crippen molar-refractivity contribution in [1.82, 2.24) is 15.2 Å². The van der Waals surface area contributed by atoms with Gasteiger partial charge in [0.15, 0.2) is 5.82 Å². The summed E-state index contributed by atoms with van der Waals surface area (Å²) in [5, 5.41) is 5.73. The highest BCUT2D eigenvalue weighted by Crippen LogP contribution is 2.26. The van der Waals surface area contributed by atoms with Crippen molar-refractivity contribution < 1.29 is 0 Å². The topological polar surface area (TPSA) is 44.5 Å². The van der Waals surface area contributed by atoms with E-state index in [1.165, 1.54) is 4.90 Å². The maximum atomic E-state index is 4.91. The van der Waals surface area contributed by atoms with E-state index in [0.717, 1.165) is 11.4 Å². The molecule has 0 saturated heterocycles. The normalized spacial score (nSPS) is 10.4. The van der Waals surface area contributed by atoms with Gasteiger partial charge in [-0.05, 0) is 24.5 Å². The van der Waals surface area contributed by atoms with Crippen molar-refractivity contribution >= 4 is 24.0 Å². The van der Waals surface area contributed by atoms with Gasteiger partial charge in [0.25, 0.3) is 0 Å². The quantitative estimate of drug-likeness (QED) is 0.608. The van der Waals surface area contributed by atoms with Gasteiger partial charge in [-0.3, -0.25) is 10.2 Å². The number of benzene rings is 1.